The molecule has 8 N–H and O–H groups in total. The van der Waals surface area contributed by atoms with E-state index in [1.54, 1.807) is 0 Å². The fourth-order valence-electron chi connectivity index (χ4n) is 13.4. The van der Waals surface area contributed by atoms with Crippen LogP contribution in [0.4, 0.5) is 0 Å². The summed E-state index contributed by atoms with van der Waals surface area (Å²) in [4.78, 5) is 56.7. The minimum atomic E-state index is -4.15. The number of hydrogen-bond donors (Lipinski definition) is 4. The Morgan fingerprint density at radius 2 is 0.600 bits per heavy atom. The predicted molar refractivity (Wildman–Crippen MR) is 471 cm³/mol. The lowest BCUT2D eigenvalue weighted by Crippen LogP contribution is -2.51. The first-order chi connectivity index (χ1) is 88.9. The topological polar surface area (TPSA) is 296 Å². The van der Waals surface area contributed by atoms with Gasteiger partial charge in [-0.1, -0.05) is 110 Å². The number of methoxy groups -OCH3 is 8. The molecule has 672 valence electrons. The molecule has 20 atom stereocenters. The average Bonchev–Trinajstić information content (AvgIpc) is 0.670. The van der Waals surface area contributed by atoms with E-state index in [9.17, 15) is 26.0 Å². The quantitative estimate of drug-likeness (QED) is 0.0303. The molecule has 0 spiro atoms. The molecule has 12 rings (SSSR count). The molecule has 4 aromatic carbocycles. The Morgan fingerprint density at radius 3 is 0.850 bits per heavy atom. The Labute approximate surface area is 835 Å². The van der Waals surface area contributed by atoms with Gasteiger partial charge in [-0.05, 0) is 191 Å². The summed E-state index contributed by atoms with van der Waals surface area (Å²) < 4.78 is 747. The molecule has 4 aromatic rings. The molecule has 24 heteroatoms. The van der Waals surface area contributed by atoms with Crippen molar-refractivity contribution < 1.29 is 190 Å². The smallest absolute Gasteiger partial charge is 0.323 e. The lowest BCUT2D eigenvalue weighted by molar-refractivity contribution is -0.161. The highest BCUT2D eigenvalue weighted by molar-refractivity contribution is 5.77. The van der Waals surface area contributed by atoms with E-state index < -0.39 is 454 Å². The second-order valence-corrected chi connectivity index (χ2v) is 27.1. The Balaban J connectivity index is 0.000000293. The third-order valence-electron chi connectivity index (χ3n) is 19.0. The van der Waals surface area contributed by atoms with Crippen LogP contribution in [0.25, 0.3) is 0 Å². The van der Waals surface area contributed by atoms with Crippen LogP contribution in [0.1, 0.15) is 343 Å². The molecule has 8 heterocycles. The van der Waals surface area contributed by atoms with Gasteiger partial charge in [0.05, 0.1) is 77.3 Å². The highest BCUT2D eigenvalue weighted by Crippen LogP contribution is 2.50. The first kappa shape index (κ1) is 34.0. The number of aryl methyl sites for hydroxylation is 4. The molecule has 0 bridgehead atoms. The lowest BCUT2D eigenvalue weighted by Gasteiger charge is -2.47. The number of nitrogens with two attached hydrogens (primary N) is 4. The van der Waals surface area contributed by atoms with Crippen LogP contribution >= 0.6 is 0 Å². The molecule has 8 aliphatic heterocycles. The summed E-state index contributed by atoms with van der Waals surface area (Å²) in [6, 6.07) is -19.0. The maximum Gasteiger partial charge on any atom is 0.323 e. The predicted octanol–water partition coefficient (Wildman–Crippen LogP) is 14.3. The minimum absolute atomic E-state index is 0.0558. The van der Waals surface area contributed by atoms with Gasteiger partial charge in [-0.25, -0.2) is 0 Å². The molecule has 4 fully saturated rings. The summed E-state index contributed by atoms with van der Waals surface area (Å²) in [6.45, 7) is -60.8. The lowest BCUT2D eigenvalue weighted by atomic mass is 9.79. The number of nitrogens with zero attached hydrogens (tertiary/aromatic N) is 4. The van der Waals surface area contributed by atoms with Crippen molar-refractivity contribution in [2.75, 3.05) is 109 Å². The van der Waals surface area contributed by atoms with Crippen LogP contribution < -0.4 is 60.8 Å². The van der Waals surface area contributed by atoms with Gasteiger partial charge in [0.1, 0.15) is 48.5 Å². The molecule has 8 aliphatic rings. The summed E-state index contributed by atoms with van der Waals surface area (Å²) in [7, 11) is 0.665. The minimum Gasteiger partial charge on any atom is -0.493 e. The van der Waals surface area contributed by atoms with Gasteiger partial charge >= 0.3 is 23.9 Å². The molecular weight excluding hydrogens is 1520 g/mol. The van der Waals surface area contributed by atoms with Crippen LogP contribution in [0.15, 0.2) is 48.5 Å². The fourth-order valence-corrected chi connectivity index (χ4v) is 13.4. The zero-order chi connectivity index (χ0) is 160. The van der Waals surface area contributed by atoms with Gasteiger partial charge in [-0.15, -0.1) is 0 Å². The van der Waals surface area contributed by atoms with Gasteiger partial charge in [0, 0.05) is 219 Å². The highest BCUT2D eigenvalue weighted by Gasteiger charge is 2.47. The van der Waals surface area contributed by atoms with Crippen molar-refractivity contribution >= 4 is 23.9 Å². The van der Waals surface area contributed by atoms with Crippen molar-refractivity contribution in [2.45, 2.75) is 259 Å². The van der Waals surface area contributed by atoms with E-state index in [0.717, 1.165) is 62.8 Å². The summed E-state index contributed by atoms with van der Waals surface area (Å²) in [5.74, 6) is -49.4. The van der Waals surface area contributed by atoms with Crippen molar-refractivity contribution in [1.29, 1.82) is 0 Å². The van der Waals surface area contributed by atoms with Crippen LogP contribution in [0.3, 0.4) is 0 Å². The fraction of sp³-hybridized carbons (Fsp3) is 0.708. The summed E-state index contributed by atoms with van der Waals surface area (Å²) in [5, 5.41) is 0. The monoisotopic (exact) mass is 1760 g/mol. The Hall–Kier alpha value is -7.16. The van der Waals surface area contributed by atoms with Crippen LogP contribution in [0.2, 0.25) is 0 Å². The van der Waals surface area contributed by atoms with Gasteiger partial charge in [-0.3, -0.25) is 38.8 Å². The highest BCUT2D eigenvalue weighted by atomic mass is 16.6. The van der Waals surface area contributed by atoms with Crippen LogP contribution in [-0.4, -0.2) is 201 Å². The van der Waals surface area contributed by atoms with Gasteiger partial charge in [0.2, 0.25) is 0 Å². The van der Waals surface area contributed by atoms with Gasteiger partial charge in [0.15, 0.2) is 46.0 Å². The molecule has 16 unspecified atom stereocenters. The Kier molecular flexibility index (Phi) is 12.4. The Morgan fingerprint density at radius 1 is 0.367 bits per heavy atom. The van der Waals surface area contributed by atoms with E-state index in [-0.39, 0.29) is 28.6 Å². The number of esters is 4. The average molecular weight is 1760 g/mol. The second-order valence-electron chi connectivity index (χ2n) is 27.1. The molecule has 0 aliphatic carbocycles. The molecule has 120 heavy (non-hydrogen) atoms. The number of ether oxygens (including phenoxy) is 12. The van der Waals surface area contributed by atoms with E-state index >= 15 is 0 Å². The second kappa shape index (κ2) is 43.9. The number of benzene rings is 4. The summed E-state index contributed by atoms with van der Waals surface area (Å²) in [6.07, 6.45) is -40.9. The van der Waals surface area contributed by atoms with Gasteiger partial charge in [0.25, 0.3) is 0 Å². The number of hydrogen-bond acceptors (Lipinski definition) is 24. The number of fused-ring (bicyclic) bond motifs is 12. The van der Waals surface area contributed by atoms with E-state index in [2.05, 4.69) is 0 Å². The molecule has 4 saturated heterocycles. The van der Waals surface area contributed by atoms with Crippen molar-refractivity contribution in [2.24, 2.45) is 93.8 Å². The normalized spacial score (nSPS) is 46.8. The van der Waals surface area contributed by atoms with Crippen molar-refractivity contribution in [3.63, 3.8) is 0 Å². The van der Waals surface area contributed by atoms with Crippen molar-refractivity contribution in [3.8, 4) is 46.0 Å². The molecule has 24 nitrogen and oxygen atoms in total. The first-order valence-electron chi connectivity index (χ1n) is 77.4. The number of piperidine rings is 4. The third kappa shape index (κ3) is 23.8. The standard InChI is InChI=1S/4C24H38N2O4/c4*1-14(2)9-17-13-26-8-7-16-10-21(28-5)22(29-6)11-18(16)19(26)12-20(17)30-24(27)23(25)15(3)4/h4*10-11,14-15,17,19-20,23H,7-9,12-13,25H2,1-6H3/t4*17?,19?,20?,23-/m0000/s1/i1D3,3D3,4D3,7D2,8D2,9D2,14D,15D,19D,20D,23D;2*1D3,3D3,4D3,5D3,7D2,8D2,9D2,14D,15D,19D,23D;1D3,3D3,4D3,7D2,8D2,9D2,14D,15D,19D,23D/t4*14?,17?,19?,20?,23-. The van der Waals surface area contributed by atoms with E-state index in [4.69, 9.17) is 187 Å². The molecular formula is C96H152N8O16. The number of rotatable bonds is 28. The Bertz CT molecular complexity index is 7560. The number of carbonyl (C=O) groups excluding carboxylic acids is 4. The maximum atomic E-state index is 13.7. The molecule has 0 amide bonds. The summed E-state index contributed by atoms with van der Waals surface area (Å²) in [5.41, 5.74) is 18.8. The van der Waals surface area contributed by atoms with E-state index in [1.165, 1.54) is 28.4 Å². The third-order valence-corrected chi connectivity index (χ3v) is 19.0. The maximum absolute atomic E-state index is 13.7. The van der Waals surface area contributed by atoms with Gasteiger partial charge < -0.3 is 79.8 Å². The van der Waals surface area contributed by atoms with Crippen molar-refractivity contribution in [3.05, 3.63) is 93.0 Å². The molecule has 0 radical (unpaired) electrons. The zero-order valence-electron chi connectivity index (χ0n) is 149. The zero-order valence-corrected chi connectivity index (χ0v) is 66.4. The van der Waals surface area contributed by atoms with Crippen LogP contribution in [-0.2, 0) is 63.6 Å². The SMILES string of the molecule is [2H]C([2H])([2H])Oc1cc2c(cc1OC)C1([2H])CC(OC(=O)[C@@]([2H])(N)C([2H])(C([2H])([2H])[2H])C([2H])([2H])[2H])C(C([2H])([2H])C([2H])(C)C([2H])([2H])[2H])CN1C([2H])([2H])C2([2H])[2H].[2H]C([2H])([2H])Oc1cc2c(cc1OC)C1([2H])CC(OC(=O)[C@@]([2H])(N)C([2H])(C([2H])([2H])[2H])C([2H])([2H])[2H])C(C([2H])([2H])C([2H])(C)C([2H])([2H])[2H])CN1C([2H])([2H])C2([2H])[2H].[2H]C1(OC(=O)[C@@]([2H])(N)C([2H])(C([2H])([2H])[2H])C([2H])([2H])[2H])CC2([2H])c3cc(OC)c(OC)cc3C([2H])([2H])C([2H])([2H])N2CC1C([2H])([2H])C([2H])(C)C([2H])([2H])[2H].[2H]C12CC(OC(=O)[C@@]([2H])(N)C([2H])(C([2H])([2H])[2H])C([2H])([2H])[2H])C(C([2H])([2H])C([2H])(C)C([2H])([2H])[2H])CN1C([2H])([2H])C([2H])([2H])c1cc(OC)c(OC)cc12. The number of carbonyl (C=O) groups is 4. The van der Waals surface area contributed by atoms with Gasteiger partial charge in [-0.2, -0.15) is 0 Å². The van der Waals surface area contributed by atoms with Crippen molar-refractivity contribution in [1.82, 2.24) is 19.6 Å². The van der Waals surface area contributed by atoms with E-state index in [0.29, 0.717) is 47.3 Å². The first-order valence-corrected chi connectivity index (χ1v) is 35.9. The largest absolute Gasteiger partial charge is 0.493 e. The molecule has 0 saturated carbocycles. The van der Waals surface area contributed by atoms with Crippen LogP contribution in [0, 0.1) is 70.8 Å². The van der Waals surface area contributed by atoms with E-state index in [1.807, 2.05) is 0 Å². The molecule has 0 aromatic heterocycles. The summed E-state index contributed by atoms with van der Waals surface area (Å²) >= 11 is 0. The van der Waals surface area contributed by atoms with Crippen LogP contribution in [0.5, 0.6) is 46.0 Å².